The van der Waals surface area contributed by atoms with Crippen LogP contribution >= 0.6 is 12.6 Å². The lowest BCUT2D eigenvalue weighted by Crippen LogP contribution is -2.28. The van der Waals surface area contributed by atoms with Gasteiger partial charge in [-0.05, 0) is 14.0 Å². The summed E-state index contributed by atoms with van der Waals surface area (Å²) < 4.78 is 0. The van der Waals surface area contributed by atoms with E-state index in [2.05, 4.69) is 31.8 Å². The largest absolute Gasteiger partial charge is 0.316 e. The number of rotatable bonds is 2. The van der Waals surface area contributed by atoms with Gasteiger partial charge in [-0.1, -0.05) is 6.92 Å². The summed E-state index contributed by atoms with van der Waals surface area (Å²) in [4.78, 5) is 0. The predicted molar refractivity (Wildman–Crippen MR) is 37.0 cm³/mol. The molecule has 0 saturated carbocycles. The van der Waals surface area contributed by atoms with E-state index >= 15 is 0 Å². The van der Waals surface area contributed by atoms with Gasteiger partial charge in [-0.15, -0.1) is 0 Å². The standard InChI is InChI=1S/C5H13NS/c1-4(6-3)5(2)7/h4-7H,1-3H3/t4-,5-/m1/s1. The van der Waals surface area contributed by atoms with Crippen LogP contribution in [0.2, 0.25) is 0 Å². The first kappa shape index (κ1) is 7.31. The van der Waals surface area contributed by atoms with E-state index in [0.717, 1.165) is 0 Å². The zero-order valence-corrected chi connectivity index (χ0v) is 6.00. The quantitative estimate of drug-likeness (QED) is 0.515. The molecule has 2 heteroatoms. The molecule has 0 fully saturated rings. The summed E-state index contributed by atoms with van der Waals surface area (Å²) in [5.74, 6) is 0. The van der Waals surface area contributed by atoms with E-state index in [4.69, 9.17) is 0 Å². The Bertz CT molecular complexity index is 45.3. The molecule has 0 aliphatic carbocycles. The fourth-order valence-corrected chi connectivity index (χ4v) is 0.390. The topological polar surface area (TPSA) is 12.0 Å². The highest BCUT2D eigenvalue weighted by atomic mass is 32.1. The van der Waals surface area contributed by atoms with Crippen molar-refractivity contribution in [2.24, 2.45) is 0 Å². The van der Waals surface area contributed by atoms with Crippen molar-refractivity contribution in [3.05, 3.63) is 0 Å². The fraction of sp³-hybridized carbons (Fsp3) is 1.00. The van der Waals surface area contributed by atoms with Crippen molar-refractivity contribution < 1.29 is 0 Å². The molecule has 0 aromatic heterocycles. The lowest BCUT2D eigenvalue weighted by molar-refractivity contribution is 0.608. The Balaban J connectivity index is 3.14. The maximum Gasteiger partial charge on any atom is 0.0150 e. The predicted octanol–water partition coefficient (Wildman–Crippen LogP) is 0.913. The van der Waals surface area contributed by atoms with E-state index in [-0.39, 0.29) is 0 Å². The molecule has 1 nitrogen and oxygen atoms in total. The summed E-state index contributed by atoms with van der Waals surface area (Å²) in [7, 11) is 1.94. The zero-order chi connectivity index (χ0) is 5.86. The maximum absolute atomic E-state index is 4.21. The van der Waals surface area contributed by atoms with Crippen LogP contribution in [0.3, 0.4) is 0 Å². The molecule has 0 unspecified atom stereocenters. The molecular weight excluding hydrogens is 106 g/mol. The van der Waals surface area contributed by atoms with E-state index in [1.54, 1.807) is 0 Å². The monoisotopic (exact) mass is 119 g/mol. The van der Waals surface area contributed by atoms with E-state index in [0.29, 0.717) is 11.3 Å². The molecule has 0 saturated heterocycles. The van der Waals surface area contributed by atoms with Crippen LogP contribution in [-0.4, -0.2) is 18.3 Å². The number of thiol groups is 1. The average Bonchev–Trinajstić information content (AvgIpc) is 1.65. The molecule has 0 aromatic rings. The van der Waals surface area contributed by atoms with Gasteiger partial charge >= 0.3 is 0 Å². The molecule has 0 bridgehead atoms. The second kappa shape index (κ2) is 3.33. The van der Waals surface area contributed by atoms with Crippen LogP contribution in [0.25, 0.3) is 0 Å². The first-order valence-corrected chi connectivity index (χ1v) is 3.05. The molecule has 0 aliphatic rings. The van der Waals surface area contributed by atoms with Gasteiger partial charge < -0.3 is 5.32 Å². The summed E-state index contributed by atoms with van der Waals surface area (Å²) >= 11 is 4.21. The lowest BCUT2D eigenvalue weighted by Gasteiger charge is -2.11. The van der Waals surface area contributed by atoms with E-state index in [1.165, 1.54) is 0 Å². The van der Waals surface area contributed by atoms with Gasteiger partial charge in [-0.25, -0.2) is 0 Å². The molecule has 0 radical (unpaired) electrons. The third-order valence-corrected chi connectivity index (χ3v) is 1.63. The first-order valence-electron chi connectivity index (χ1n) is 2.53. The maximum atomic E-state index is 4.21. The summed E-state index contributed by atoms with van der Waals surface area (Å²) in [5, 5.41) is 3.54. The van der Waals surface area contributed by atoms with Crippen LogP contribution in [0.4, 0.5) is 0 Å². The highest BCUT2D eigenvalue weighted by Gasteiger charge is 2.01. The first-order chi connectivity index (χ1) is 3.18. The Morgan fingerprint density at radius 1 is 1.43 bits per heavy atom. The second-order valence-corrected chi connectivity index (χ2v) is 2.63. The van der Waals surface area contributed by atoms with Crippen molar-refractivity contribution in [1.29, 1.82) is 0 Å². The van der Waals surface area contributed by atoms with Crippen molar-refractivity contribution in [1.82, 2.24) is 5.32 Å². The molecule has 7 heavy (non-hydrogen) atoms. The normalized spacial score (nSPS) is 18.9. The number of nitrogens with one attached hydrogen (secondary N) is 1. The fourth-order valence-electron chi connectivity index (χ4n) is 0.241. The Hall–Kier alpha value is 0.310. The van der Waals surface area contributed by atoms with Crippen LogP contribution in [0, 0.1) is 0 Å². The van der Waals surface area contributed by atoms with Gasteiger partial charge in [0.15, 0.2) is 0 Å². The van der Waals surface area contributed by atoms with Crippen LogP contribution in [-0.2, 0) is 0 Å². The van der Waals surface area contributed by atoms with Gasteiger partial charge in [0.05, 0.1) is 0 Å². The van der Waals surface area contributed by atoms with Crippen LogP contribution in [0.5, 0.6) is 0 Å². The summed E-state index contributed by atoms with van der Waals surface area (Å²) in [6, 6.07) is 0.517. The van der Waals surface area contributed by atoms with Crippen molar-refractivity contribution in [3.63, 3.8) is 0 Å². The number of hydrogen-bond donors (Lipinski definition) is 2. The molecule has 1 N–H and O–H groups in total. The second-order valence-electron chi connectivity index (χ2n) is 1.82. The third-order valence-electron chi connectivity index (χ3n) is 1.18. The van der Waals surface area contributed by atoms with Gasteiger partial charge in [-0.2, -0.15) is 12.6 Å². The molecule has 0 aromatic carbocycles. The Morgan fingerprint density at radius 3 is 1.86 bits per heavy atom. The van der Waals surface area contributed by atoms with Gasteiger partial charge in [0, 0.05) is 11.3 Å². The third kappa shape index (κ3) is 2.94. The highest BCUT2D eigenvalue weighted by Crippen LogP contribution is 1.97. The van der Waals surface area contributed by atoms with Crippen LogP contribution in [0.1, 0.15) is 13.8 Å². The molecule has 0 rings (SSSR count). The average molecular weight is 119 g/mol. The Kier molecular flexibility index (Phi) is 3.48. The van der Waals surface area contributed by atoms with E-state index < -0.39 is 0 Å². The molecule has 44 valence electrons. The highest BCUT2D eigenvalue weighted by molar-refractivity contribution is 7.81. The molecule has 0 amide bonds. The van der Waals surface area contributed by atoms with Crippen LogP contribution < -0.4 is 5.32 Å². The molecule has 2 atom stereocenters. The van der Waals surface area contributed by atoms with Crippen molar-refractivity contribution in [2.75, 3.05) is 7.05 Å². The van der Waals surface area contributed by atoms with Crippen LogP contribution in [0.15, 0.2) is 0 Å². The summed E-state index contributed by atoms with van der Waals surface area (Å²) in [6.45, 7) is 4.18. The number of hydrogen-bond acceptors (Lipinski definition) is 2. The van der Waals surface area contributed by atoms with Gasteiger partial charge in [0.2, 0.25) is 0 Å². The summed E-state index contributed by atoms with van der Waals surface area (Å²) in [6.07, 6.45) is 0. The Morgan fingerprint density at radius 2 is 1.86 bits per heavy atom. The van der Waals surface area contributed by atoms with E-state index in [9.17, 15) is 0 Å². The zero-order valence-electron chi connectivity index (χ0n) is 5.10. The van der Waals surface area contributed by atoms with Gasteiger partial charge in [-0.3, -0.25) is 0 Å². The smallest absolute Gasteiger partial charge is 0.0150 e. The van der Waals surface area contributed by atoms with Crippen molar-refractivity contribution >= 4 is 12.6 Å². The lowest BCUT2D eigenvalue weighted by atomic mass is 10.3. The molecule has 0 spiro atoms. The van der Waals surface area contributed by atoms with Crippen molar-refractivity contribution in [2.45, 2.75) is 25.1 Å². The molecular formula is C5H13NS. The van der Waals surface area contributed by atoms with Crippen molar-refractivity contribution in [3.8, 4) is 0 Å². The Labute approximate surface area is 50.9 Å². The van der Waals surface area contributed by atoms with Gasteiger partial charge in [0.1, 0.15) is 0 Å². The minimum Gasteiger partial charge on any atom is -0.316 e. The minimum absolute atomic E-state index is 0.449. The van der Waals surface area contributed by atoms with Gasteiger partial charge in [0.25, 0.3) is 0 Å². The molecule has 0 aliphatic heterocycles. The minimum atomic E-state index is 0.449. The molecule has 0 heterocycles. The van der Waals surface area contributed by atoms with E-state index in [1.807, 2.05) is 7.05 Å². The SMILES string of the molecule is CN[C@H](C)[C@@H](C)S. The summed E-state index contributed by atoms with van der Waals surface area (Å²) in [5.41, 5.74) is 0.